The molecule has 138 valence electrons. The molecule has 0 aliphatic rings. The molecule has 1 unspecified atom stereocenters. The zero-order valence-electron chi connectivity index (χ0n) is 15.4. The number of aromatic nitrogens is 4. The maximum Gasteiger partial charge on any atom is 0.222 e. The number of hydrogen-bond donors (Lipinski definition) is 2. The lowest BCUT2D eigenvalue weighted by Crippen LogP contribution is -2.31. The zero-order valence-corrected chi connectivity index (χ0v) is 15.4. The first kappa shape index (κ1) is 18.4. The van der Waals surface area contributed by atoms with E-state index in [0.717, 1.165) is 17.5 Å². The largest absolute Gasteiger partial charge is 0.354 e. The van der Waals surface area contributed by atoms with Gasteiger partial charge in [-0.15, -0.1) is 0 Å². The number of benzene rings is 1. The second-order valence-electron chi connectivity index (χ2n) is 6.32. The number of anilines is 1. The van der Waals surface area contributed by atoms with Crippen LogP contribution < -0.4 is 10.6 Å². The zero-order chi connectivity index (χ0) is 19.1. The molecule has 2 aromatic heterocycles. The third-order valence-corrected chi connectivity index (χ3v) is 3.95. The molecule has 0 radical (unpaired) electrons. The molecule has 7 heteroatoms. The van der Waals surface area contributed by atoms with Crippen molar-refractivity contribution >= 4 is 11.9 Å². The van der Waals surface area contributed by atoms with Crippen LogP contribution in [-0.2, 0) is 17.8 Å². The fourth-order valence-electron chi connectivity index (χ4n) is 2.73. The molecule has 2 heterocycles. The minimum Gasteiger partial charge on any atom is -0.354 e. The van der Waals surface area contributed by atoms with Gasteiger partial charge in [-0.1, -0.05) is 24.3 Å². The molecule has 0 aliphatic carbocycles. The lowest BCUT2D eigenvalue weighted by Gasteiger charge is -2.12. The number of nitrogens with zero attached hydrogens (tertiary/aromatic N) is 4. The molecule has 0 saturated carbocycles. The Morgan fingerprint density at radius 2 is 1.67 bits per heavy atom. The van der Waals surface area contributed by atoms with Crippen LogP contribution in [0.4, 0.5) is 5.95 Å². The minimum absolute atomic E-state index is 0.0104. The maximum absolute atomic E-state index is 11.1. The van der Waals surface area contributed by atoms with E-state index in [1.807, 2.05) is 19.1 Å². The first-order chi connectivity index (χ1) is 13.1. The summed E-state index contributed by atoms with van der Waals surface area (Å²) in [5.41, 5.74) is 3.16. The van der Waals surface area contributed by atoms with Crippen molar-refractivity contribution in [1.29, 1.82) is 0 Å². The summed E-state index contributed by atoms with van der Waals surface area (Å²) in [5, 5.41) is 6.00. The molecular formula is C20H22N6O. The molecular weight excluding hydrogens is 340 g/mol. The minimum atomic E-state index is -0.0104. The summed E-state index contributed by atoms with van der Waals surface area (Å²) >= 11 is 0. The SMILES string of the molecule is CC(=O)NC(C)Cc1ccc(-c2cnc(NCc3ncccn3)nc2)cc1. The van der Waals surface area contributed by atoms with E-state index >= 15 is 0 Å². The Kier molecular flexibility index (Phi) is 6.04. The number of amides is 1. The molecule has 1 amide bonds. The highest BCUT2D eigenvalue weighted by molar-refractivity contribution is 5.73. The van der Waals surface area contributed by atoms with Gasteiger partial charge in [0, 0.05) is 43.3 Å². The summed E-state index contributed by atoms with van der Waals surface area (Å²) < 4.78 is 0. The van der Waals surface area contributed by atoms with Crippen LogP contribution in [-0.4, -0.2) is 31.9 Å². The van der Waals surface area contributed by atoms with E-state index in [1.54, 1.807) is 30.9 Å². The van der Waals surface area contributed by atoms with Crippen LogP contribution in [0.5, 0.6) is 0 Å². The molecule has 3 rings (SSSR count). The van der Waals surface area contributed by atoms with Gasteiger partial charge in [-0.25, -0.2) is 19.9 Å². The van der Waals surface area contributed by atoms with E-state index < -0.39 is 0 Å². The van der Waals surface area contributed by atoms with E-state index in [-0.39, 0.29) is 11.9 Å². The van der Waals surface area contributed by atoms with Crippen LogP contribution in [0.3, 0.4) is 0 Å². The van der Waals surface area contributed by atoms with Crippen LogP contribution >= 0.6 is 0 Å². The Balaban J connectivity index is 1.59. The molecule has 3 aromatic rings. The Labute approximate surface area is 158 Å². The van der Waals surface area contributed by atoms with Crippen LogP contribution in [0, 0.1) is 0 Å². The molecule has 0 spiro atoms. The van der Waals surface area contributed by atoms with Crippen LogP contribution in [0.1, 0.15) is 25.2 Å². The predicted octanol–water partition coefficient (Wildman–Crippen LogP) is 2.61. The molecule has 1 aromatic carbocycles. The van der Waals surface area contributed by atoms with E-state index in [2.05, 4.69) is 42.7 Å². The second kappa shape index (κ2) is 8.84. The second-order valence-corrected chi connectivity index (χ2v) is 6.32. The average molecular weight is 362 g/mol. The molecule has 0 fully saturated rings. The van der Waals surface area contributed by atoms with Crippen molar-refractivity contribution in [3.8, 4) is 11.1 Å². The highest BCUT2D eigenvalue weighted by Crippen LogP contribution is 2.19. The Morgan fingerprint density at radius 3 is 2.30 bits per heavy atom. The van der Waals surface area contributed by atoms with E-state index in [1.165, 1.54) is 12.5 Å². The van der Waals surface area contributed by atoms with Gasteiger partial charge < -0.3 is 10.6 Å². The van der Waals surface area contributed by atoms with Gasteiger partial charge in [-0.05, 0) is 30.5 Å². The topological polar surface area (TPSA) is 92.7 Å². The van der Waals surface area contributed by atoms with Crippen molar-refractivity contribution < 1.29 is 4.79 Å². The van der Waals surface area contributed by atoms with Gasteiger partial charge in [0.15, 0.2) is 0 Å². The first-order valence-corrected chi connectivity index (χ1v) is 8.78. The highest BCUT2D eigenvalue weighted by Gasteiger charge is 2.06. The summed E-state index contributed by atoms with van der Waals surface area (Å²) in [6, 6.07) is 10.1. The van der Waals surface area contributed by atoms with Gasteiger partial charge >= 0.3 is 0 Å². The van der Waals surface area contributed by atoms with Crippen molar-refractivity contribution in [2.75, 3.05) is 5.32 Å². The lowest BCUT2D eigenvalue weighted by atomic mass is 10.0. The molecule has 2 N–H and O–H groups in total. The Hall–Kier alpha value is -3.35. The number of hydrogen-bond acceptors (Lipinski definition) is 6. The summed E-state index contributed by atoms with van der Waals surface area (Å²) in [6.45, 7) is 4.00. The van der Waals surface area contributed by atoms with Crippen molar-refractivity contribution in [3.05, 3.63) is 66.5 Å². The van der Waals surface area contributed by atoms with Gasteiger partial charge in [0.05, 0.1) is 6.54 Å². The van der Waals surface area contributed by atoms with Crippen molar-refractivity contribution in [3.63, 3.8) is 0 Å². The quantitative estimate of drug-likeness (QED) is 0.671. The smallest absolute Gasteiger partial charge is 0.222 e. The Bertz CT molecular complexity index is 865. The van der Waals surface area contributed by atoms with Crippen molar-refractivity contribution in [2.24, 2.45) is 0 Å². The monoisotopic (exact) mass is 362 g/mol. The standard InChI is InChI=1S/C20H22N6O/c1-14(26-15(2)27)10-16-4-6-17(7-5-16)18-11-23-20(24-12-18)25-13-19-21-8-3-9-22-19/h3-9,11-12,14H,10,13H2,1-2H3,(H,26,27)(H,23,24,25). The summed E-state index contributed by atoms with van der Waals surface area (Å²) in [4.78, 5) is 28.1. The van der Waals surface area contributed by atoms with Gasteiger partial charge in [0.1, 0.15) is 5.82 Å². The summed E-state index contributed by atoms with van der Waals surface area (Å²) in [6.07, 6.45) is 7.77. The van der Waals surface area contributed by atoms with E-state index in [0.29, 0.717) is 18.3 Å². The fourth-order valence-corrected chi connectivity index (χ4v) is 2.73. The van der Waals surface area contributed by atoms with E-state index in [9.17, 15) is 4.79 Å². The lowest BCUT2D eigenvalue weighted by molar-refractivity contribution is -0.119. The highest BCUT2D eigenvalue weighted by atomic mass is 16.1. The Morgan fingerprint density at radius 1 is 1.00 bits per heavy atom. The molecule has 0 saturated heterocycles. The first-order valence-electron chi connectivity index (χ1n) is 8.78. The molecule has 0 aliphatic heterocycles. The molecule has 0 bridgehead atoms. The maximum atomic E-state index is 11.1. The van der Waals surface area contributed by atoms with Crippen molar-refractivity contribution in [2.45, 2.75) is 32.9 Å². The predicted molar refractivity (Wildman–Crippen MR) is 104 cm³/mol. The molecule has 7 nitrogen and oxygen atoms in total. The average Bonchev–Trinajstić information content (AvgIpc) is 2.68. The third-order valence-electron chi connectivity index (χ3n) is 3.95. The normalized spacial score (nSPS) is 11.6. The van der Waals surface area contributed by atoms with Crippen LogP contribution in [0.25, 0.3) is 11.1 Å². The van der Waals surface area contributed by atoms with Crippen LogP contribution in [0.2, 0.25) is 0 Å². The van der Waals surface area contributed by atoms with E-state index in [4.69, 9.17) is 0 Å². The van der Waals surface area contributed by atoms with Gasteiger partial charge in [0.25, 0.3) is 0 Å². The van der Waals surface area contributed by atoms with Crippen molar-refractivity contribution in [1.82, 2.24) is 25.3 Å². The summed E-state index contributed by atoms with van der Waals surface area (Å²) in [5.74, 6) is 1.21. The fraction of sp³-hybridized carbons (Fsp3) is 0.250. The third kappa shape index (κ3) is 5.57. The van der Waals surface area contributed by atoms with Gasteiger partial charge in [-0.3, -0.25) is 4.79 Å². The number of rotatable bonds is 7. The number of nitrogens with one attached hydrogen (secondary N) is 2. The molecule has 1 atom stereocenters. The number of carbonyl (C=O) groups is 1. The number of carbonyl (C=O) groups excluding carboxylic acids is 1. The van der Waals surface area contributed by atoms with Gasteiger partial charge in [-0.2, -0.15) is 0 Å². The van der Waals surface area contributed by atoms with Gasteiger partial charge in [0.2, 0.25) is 11.9 Å². The molecule has 27 heavy (non-hydrogen) atoms. The summed E-state index contributed by atoms with van der Waals surface area (Å²) in [7, 11) is 0. The van der Waals surface area contributed by atoms with Crippen LogP contribution in [0.15, 0.2) is 55.1 Å².